The van der Waals surface area contributed by atoms with Gasteiger partial charge in [-0.25, -0.2) is 10.1 Å². The van der Waals surface area contributed by atoms with Gasteiger partial charge in [-0.1, -0.05) is 6.92 Å². The van der Waals surface area contributed by atoms with Gasteiger partial charge in [0, 0.05) is 19.0 Å². The highest BCUT2D eigenvalue weighted by atomic mass is 35.5. The molecule has 0 fully saturated rings. The maximum atomic E-state index is 10.0. The van der Waals surface area contributed by atoms with Crippen molar-refractivity contribution in [1.82, 2.24) is 10.6 Å². The molecule has 76 valence electrons. The van der Waals surface area contributed by atoms with E-state index in [1.165, 1.54) is 0 Å². The van der Waals surface area contributed by atoms with Crippen molar-refractivity contribution in [3.63, 3.8) is 0 Å². The van der Waals surface area contributed by atoms with Gasteiger partial charge in [0.05, 0.1) is 0 Å². The van der Waals surface area contributed by atoms with E-state index in [4.69, 9.17) is 11.6 Å². The molecular formula is C6H13ClN4O2. The lowest BCUT2D eigenvalue weighted by molar-refractivity contribution is -0.485. The topological polar surface area (TPSA) is 79.6 Å². The van der Waals surface area contributed by atoms with Crippen molar-refractivity contribution in [1.29, 1.82) is 0 Å². The summed E-state index contributed by atoms with van der Waals surface area (Å²) in [4.78, 5) is 10.0. The van der Waals surface area contributed by atoms with Crippen LogP contribution in [0.4, 0.5) is 0 Å². The molecular weight excluding hydrogens is 196 g/mol. The maximum Gasteiger partial charge on any atom is 0.268 e. The third-order valence-corrected chi connectivity index (χ3v) is 1.30. The largest absolute Gasteiger partial charge is 0.351 e. The van der Waals surface area contributed by atoms with E-state index in [0.29, 0.717) is 19.0 Å². The number of hydrogen-bond acceptors (Lipinski definition) is 2. The Bertz CT molecular complexity index is 175. The summed E-state index contributed by atoms with van der Waals surface area (Å²) in [6, 6.07) is 0. The normalized spacial score (nSPS) is 11.1. The number of alkyl halides is 1. The van der Waals surface area contributed by atoms with Crippen LogP contribution in [-0.4, -0.2) is 30.0 Å². The van der Waals surface area contributed by atoms with Gasteiger partial charge in [0.2, 0.25) is 0 Å². The van der Waals surface area contributed by atoms with Gasteiger partial charge in [0.25, 0.3) is 5.96 Å². The molecule has 0 aromatic carbocycles. The number of nitrogens with zero attached hydrogens (tertiary/aromatic N) is 2. The van der Waals surface area contributed by atoms with Crippen molar-refractivity contribution in [2.24, 2.45) is 5.10 Å². The van der Waals surface area contributed by atoms with E-state index >= 15 is 0 Å². The van der Waals surface area contributed by atoms with E-state index in [-0.39, 0.29) is 5.96 Å². The van der Waals surface area contributed by atoms with Gasteiger partial charge in [-0.3, -0.25) is 0 Å². The molecule has 0 spiro atoms. The molecule has 0 radical (unpaired) electrons. The predicted octanol–water partition coefficient (Wildman–Crippen LogP) is 0.362. The smallest absolute Gasteiger partial charge is 0.268 e. The van der Waals surface area contributed by atoms with Crippen molar-refractivity contribution in [3.8, 4) is 0 Å². The first-order valence-electron chi connectivity index (χ1n) is 3.97. The van der Waals surface area contributed by atoms with Gasteiger partial charge in [0.1, 0.15) is 5.10 Å². The molecule has 0 atom stereocenters. The average molecular weight is 209 g/mol. The van der Waals surface area contributed by atoms with Gasteiger partial charge >= 0.3 is 0 Å². The molecule has 0 rings (SSSR count). The van der Waals surface area contributed by atoms with Gasteiger partial charge in [-0.15, -0.1) is 11.6 Å². The Labute approximate surface area is 81.5 Å². The Hall–Kier alpha value is -1.04. The van der Waals surface area contributed by atoms with Crippen LogP contribution < -0.4 is 10.6 Å². The first-order valence-corrected chi connectivity index (χ1v) is 4.50. The van der Waals surface area contributed by atoms with Gasteiger partial charge in [-0.2, -0.15) is 0 Å². The molecule has 0 aromatic rings. The minimum Gasteiger partial charge on any atom is -0.351 e. The number of guanidine groups is 1. The van der Waals surface area contributed by atoms with Gasteiger partial charge < -0.3 is 10.6 Å². The van der Waals surface area contributed by atoms with Crippen molar-refractivity contribution >= 4 is 17.6 Å². The minimum atomic E-state index is -0.751. The molecule has 6 nitrogen and oxygen atoms in total. The predicted molar refractivity (Wildman–Crippen MR) is 51.4 cm³/mol. The lowest BCUT2D eigenvalue weighted by Gasteiger charge is -2.06. The third-order valence-electron chi connectivity index (χ3n) is 1.11. The van der Waals surface area contributed by atoms with E-state index in [0.717, 1.165) is 6.42 Å². The molecule has 2 N–H and O–H groups in total. The van der Waals surface area contributed by atoms with Crippen molar-refractivity contribution in [2.45, 2.75) is 13.3 Å². The van der Waals surface area contributed by atoms with Crippen LogP contribution in [0.1, 0.15) is 13.3 Å². The molecule has 0 aliphatic heterocycles. The van der Waals surface area contributed by atoms with Crippen LogP contribution in [0.3, 0.4) is 0 Å². The fourth-order valence-electron chi connectivity index (χ4n) is 0.624. The maximum absolute atomic E-state index is 10.0. The SMILES string of the molecule is CCCN/C(=N\[N+](=O)[O-])NCCCl. The minimum absolute atomic E-state index is 0.160. The zero-order valence-electron chi connectivity index (χ0n) is 7.42. The van der Waals surface area contributed by atoms with Crippen LogP contribution in [0.5, 0.6) is 0 Å². The molecule has 0 heterocycles. The second-order valence-corrected chi connectivity index (χ2v) is 2.61. The summed E-state index contributed by atoms with van der Waals surface area (Å²) >= 11 is 5.40. The molecule has 0 unspecified atom stereocenters. The zero-order valence-corrected chi connectivity index (χ0v) is 8.17. The number of halogens is 1. The summed E-state index contributed by atoms with van der Waals surface area (Å²) in [5.74, 6) is 0.539. The van der Waals surface area contributed by atoms with Gasteiger partial charge in [-0.05, 0) is 6.42 Å². The average Bonchev–Trinajstić information content (AvgIpc) is 2.09. The molecule has 0 bridgehead atoms. The van der Waals surface area contributed by atoms with Gasteiger partial charge in [0.15, 0.2) is 5.03 Å². The summed E-state index contributed by atoms with van der Waals surface area (Å²) in [6.07, 6.45) is 0.874. The standard InChI is InChI=1S/C6H13ClN4O2/c1-2-4-8-6(9-5-3-7)10-11(12)13/h2-5H2,1H3,(H2,8,9,10). The molecule has 0 saturated heterocycles. The van der Waals surface area contributed by atoms with Crippen LogP contribution in [0.15, 0.2) is 5.10 Å². The highest BCUT2D eigenvalue weighted by molar-refractivity contribution is 6.18. The second-order valence-electron chi connectivity index (χ2n) is 2.23. The molecule has 0 aliphatic rings. The van der Waals surface area contributed by atoms with Crippen LogP contribution >= 0.6 is 11.6 Å². The number of hydrazone groups is 1. The Morgan fingerprint density at radius 1 is 1.54 bits per heavy atom. The molecule has 7 heteroatoms. The number of nitrogens with one attached hydrogen (secondary N) is 2. The molecule has 13 heavy (non-hydrogen) atoms. The number of rotatable bonds is 5. The monoisotopic (exact) mass is 208 g/mol. The van der Waals surface area contributed by atoms with Crippen molar-refractivity contribution in [2.75, 3.05) is 19.0 Å². The zero-order chi connectivity index (χ0) is 10.1. The molecule has 0 saturated carbocycles. The van der Waals surface area contributed by atoms with E-state index < -0.39 is 5.03 Å². The van der Waals surface area contributed by atoms with E-state index in [2.05, 4.69) is 15.7 Å². The highest BCUT2D eigenvalue weighted by Gasteiger charge is 2.01. The summed E-state index contributed by atoms with van der Waals surface area (Å²) in [6.45, 7) is 3.05. The lowest BCUT2D eigenvalue weighted by atomic mass is 10.5. The number of nitro groups is 1. The summed E-state index contributed by atoms with van der Waals surface area (Å²) in [7, 11) is 0. The summed E-state index contributed by atoms with van der Waals surface area (Å²) in [5.41, 5.74) is 0. The second kappa shape index (κ2) is 7.60. The molecule has 0 aromatic heterocycles. The van der Waals surface area contributed by atoms with E-state index in [9.17, 15) is 10.1 Å². The molecule has 0 amide bonds. The van der Waals surface area contributed by atoms with Crippen molar-refractivity contribution in [3.05, 3.63) is 10.1 Å². The lowest BCUT2D eigenvalue weighted by Crippen LogP contribution is -2.39. The summed E-state index contributed by atoms with van der Waals surface area (Å²) < 4.78 is 0. The van der Waals surface area contributed by atoms with Crippen LogP contribution in [-0.2, 0) is 0 Å². The highest BCUT2D eigenvalue weighted by Crippen LogP contribution is 1.77. The molecule has 0 aliphatic carbocycles. The van der Waals surface area contributed by atoms with Crippen LogP contribution in [0.2, 0.25) is 0 Å². The first kappa shape index (κ1) is 12.0. The van der Waals surface area contributed by atoms with Crippen LogP contribution in [0.25, 0.3) is 0 Å². The quantitative estimate of drug-likeness (QED) is 0.225. The Kier molecular flexibility index (Phi) is 6.99. The Morgan fingerprint density at radius 2 is 2.15 bits per heavy atom. The van der Waals surface area contributed by atoms with Crippen LogP contribution in [0, 0.1) is 10.1 Å². The number of hydrogen-bond donors (Lipinski definition) is 2. The fourth-order valence-corrected chi connectivity index (χ4v) is 0.718. The van der Waals surface area contributed by atoms with E-state index in [1.807, 2.05) is 6.92 Å². The Morgan fingerprint density at radius 3 is 2.62 bits per heavy atom. The Balaban J connectivity index is 3.94. The summed E-state index contributed by atoms with van der Waals surface area (Å²) in [5, 5.41) is 17.9. The van der Waals surface area contributed by atoms with Crippen molar-refractivity contribution < 1.29 is 5.03 Å². The van der Waals surface area contributed by atoms with E-state index in [1.54, 1.807) is 0 Å². The third kappa shape index (κ3) is 7.32. The first-order chi connectivity index (χ1) is 6.20. The fraction of sp³-hybridized carbons (Fsp3) is 0.833.